The van der Waals surface area contributed by atoms with Crippen LogP contribution >= 0.6 is 0 Å². The number of amides is 1. The zero-order valence-corrected chi connectivity index (χ0v) is 12.1. The monoisotopic (exact) mass is 294 g/mol. The first kappa shape index (κ1) is 16.2. The Morgan fingerprint density at radius 2 is 2.00 bits per heavy atom. The van der Waals surface area contributed by atoms with Crippen LogP contribution in [0.5, 0.6) is 0 Å². The number of rotatable bonds is 5. The van der Waals surface area contributed by atoms with Crippen molar-refractivity contribution in [3.05, 3.63) is 0 Å². The summed E-state index contributed by atoms with van der Waals surface area (Å²) in [6, 6.07) is 0. The fraction of sp³-hybridized carbons (Fsp3) is 0.909. The number of ether oxygens (including phenoxy) is 1. The summed E-state index contributed by atoms with van der Waals surface area (Å²) in [6.07, 6.45) is 1.52. The van der Waals surface area contributed by atoms with E-state index in [4.69, 9.17) is 0 Å². The topological polar surface area (TPSA) is 105 Å². The lowest BCUT2D eigenvalue weighted by Crippen LogP contribution is -2.44. The van der Waals surface area contributed by atoms with E-state index in [-0.39, 0.29) is 12.5 Å². The second-order valence-corrected chi connectivity index (χ2v) is 6.52. The zero-order valence-electron chi connectivity index (χ0n) is 11.3. The molecule has 0 aromatic heterocycles. The first-order valence-electron chi connectivity index (χ1n) is 6.46. The largest absolute Gasteiger partial charge is 0.446 e. The van der Waals surface area contributed by atoms with E-state index in [2.05, 4.69) is 9.46 Å². The minimum absolute atomic E-state index is 0.105. The summed E-state index contributed by atoms with van der Waals surface area (Å²) in [6.45, 7) is 3.36. The highest BCUT2D eigenvalue weighted by Gasteiger charge is 2.25. The lowest BCUT2D eigenvalue weighted by atomic mass is 9.87. The van der Waals surface area contributed by atoms with Gasteiger partial charge in [0, 0.05) is 6.54 Å². The Balaban J connectivity index is 2.39. The summed E-state index contributed by atoms with van der Waals surface area (Å²) < 4.78 is 31.8. The minimum Gasteiger partial charge on any atom is -0.446 e. The Labute approximate surface area is 113 Å². The van der Waals surface area contributed by atoms with Crippen molar-refractivity contribution in [2.24, 2.45) is 5.92 Å². The highest BCUT2D eigenvalue weighted by Crippen LogP contribution is 2.23. The van der Waals surface area contributed by atoms with Crippen LogP contribution in [0.25, 0.3) is 0 Å². The second-order valence-electron chi connectivity index (χ2n) is 5.02. The maximum Gasteiger partial charge on any atom is 0.422 e. The fourth-order valence-corrected chi connectivity index (χ4v) is 2.80. The molecular weight excluding hydrogens is 272 g/mol. The van der Waals surface area contributed by atoms with Crippen molar-refractivity contribution in [1.82, 2.24) is 9.44 Å². The van der Waals surface area contributed by atoms with Crippen LogP contribution in [0.2, 0.25) is 0 Å². The second kappa shape index (κ2) is 7.06. The van der Waals surface area contributed by atoms with Crippen LogP contribution in [-0.2, 0) is 14.9 Å². The normalized spacial score (nSPS) is 24.2. The van der Waals surface area contributed by atoms with Gasteiger partial charge in [-0.2, -0.15) is 13.1 Å². The molecule has 19 heavy (non-hydrogen) atoms. The molecule has 0 spiro atoms. The Kier molecular flexibility index (Phi) is 6.02. The molecule has 0 aliphatic heterocycles. The average Bonchev–Trinajstić information content (AvgIpc) is 2.26. The van der Waals surface area contributed by atoms with Crippen LogP contribution in [0.15, 0.2) is 0 Å². The van der Waals surface area contributed by atoms with Gasteiger partial charge in [-0.15, -0.1) is 0 Å². The van der Waals surface area contributed by atoms with Gasteiger partial charge in [-0.3, -0.25) is 0 Å². The summed E-state index contributed by atoms with van der Waals surface area (Å²) >= 11 is 0. The first-order valence-corrected chi connectivity index (χ1v) is 7.94. The predicted molar refractivity (Wildman–Crippen MR) is 69.6 cm³/mol. The molecule has 1 fully saturated rings. The number of aliphatic hydroxyl groups excluding tert-OH is 1. The van der Waals surface area contributed by atoms with Gasteiger partial charge < -0.3 is 9.84 Å². The van der Waals surface area contributed by atoms with E-state index < -0.39 is 28.5 Å². The molecule has 0 aromatic carbocycles. The van der Waals surface area contributed by atoms with E-state index in [1.165, 1.54) is 0 Å². The van der Waals surface area contributed by atoms with Gasteiger partial charge in [0.15, 0.2) is 0 Å². The van der Waals surface area contributed by atoms with Crippen molar-refractivity contribution in [3.8, 4) is 0 Å². The summed E-state index contributed by atoms with van der Waals surface area (Å²) in [5.41, 5.74) is 0. The van der Waals surface area contributed by atoms with Gasteiger partial charge in [0.05, 0.1) is 12.2 Å². The third kappa shape index (κ3) is 6.22. The number of carbonyl (C=O) groups excluding carboxylic acids is 1. The van der Waals surface area contributed by atoms with Gasteiger partial charge in [0.1, 0.15) is 0 Å². The van der Waals surface area contributed by atoms with Crippen LogP contribution in [0.1, 0.15) is 39.5 Å². The van der Waals surface area contributed by atoms with E-state index >= 15 is 0 Å². The molecule has 0 aromatic rings. The molecule has 2 unspecified atom stereocenters. The van der Waals surface area contributed by atoms with Crippen LogP contribution in [0.3, 0.4) is 0 Å². The highest BCUT2D eigenvalue weighted by atomic mass is 32.2. The molecule has 1 saturated carbocycles. The third-order valence-electron chi connectivity index (χ3n) is 2.96. The Morgan fingerprint density at radius 3 is 2.58 bits per heavy atom. The van der Waals surface area contributed by atoms with E-state index in [9.17, 15) is 18.3 Å². The number of aliphatic hydroxyl groups is 1. The molecule has 0 heterocycles. The van der Waals surface area contributed by atoms with Crippen molar-refractivity contribution < 1.29 is 23.1 Å². The maximum atomic E-state index is 11.6. The summed E-state index contributed by atoms with van der Waals surface area (Å²) in [7, 11) is -3.93. The lowest BCUT2D eigenvalue weighted by Gasteiger charge is -2.27. The van der Waals surface area contributed by atoms with Gasteiger partial charge in [-0.25, -0.2) is 9.52 Å². The van der Waals surface area contributed by atoms with Gasteiger partial charge >= 0.3 is 16.3 Å². The van der Waals surface area contributed by atoms with E-state index in [1.54, 1.807) is 18.6 Å². The number of hydrogen-bond donors (Lipinski definition) is 3. The van der Waals surface area contributed by atoms with Crippen LogP contribution in [-0.4, -0.2) is 38.4 Å². The van der Waals surface area contributed by atoms with Crippen molar-refractivity contribution in [2.75, 3.05) is 6.54 Å². The molecule has 2 atom stereocenters. The van der Waals surface area contributed by atoms with Gasteiger partial charge in [-0.1, -0.05) is 12.8 Å². The molecule has 0 saturated heterocycles. The van der Waals surface area contributed by atoms with Gasteiger partial charge in [0.2, 0.25) is 0 Å². The van der Waals surface area contributed by atoms with E-state index in [0.717, 1.165) is 19.3 Å². The van der Waals surface area contributed by atoms with E-state index in [0.29, 0.717) is 6.42 Å². The molecule has 112 valence electrons. The average molecular weight is 294 g/mol. The van der Waals surface area contributed by atoms with Crippen molar-refractivity contribution >= 4 is 16.3 Å². The molecule has 0 radical (unpaired) electrons. The zero-order chi connectivity index (χ0) is 14.5. The molecule has 1 aliphatic rings. The Morgan fingerprint density at radius 1 is 1.37 bits per heavy atom. The summed E-state index contributed by atoms with van der Waals surface area (Å²) in [5, 5.41) is 9.72. The van der Waals surface area contributed by atoms with Crippen LogP contribution < -0.4 is 9.44 Å². The molecule has 0 bridgehead atoms. The molecule has 3 N–H and O–H groups in total. The Bertz CT molecular complexity index is 396. The van der Waals surface area contributed by atoms with E-state index in [1.807, 2.05) is 0 Å². The van der Waals surface area contributed by atoms with Crippen LogP contribution in [0, 0.1) is 5.92 Å². The Hall–Kier alpha value is -0.860. The molecule has 1 amide bonds. The quantitative estimate of drug-likeness (QED) is 0.685. The molecule has 1 aliphatic carbocycles. The maximum absolute atomic E-state index is 11.6. The fourth-order valence-electron chi connectivity index (χ4n) is 2.03. The number of carbonyl (C=O) groups is 1. The van der Waals surface area contributed by atoms with Gasteiger partial charge in [-0.05, 0) is 32.6 Å². The SMILES string of the molecule is CC(C)OC(=O)NS(=O)(=O)NCC1CCCCC1O. The molecule has 7 nitrogen and oxygen atoms in total. The predicted octanol–water partition coefficient (Wildman–Crippen LogP) is 0.506. The van der Waals surface area contributed by atoms with Crippen molar-refractivity contribution in [1.29, 1.82) is 0 Å². The highest BCUT2D eigenvalue weighted by molar-refractivity contribution is 7.88. The minimum atomic E-state index is -3.93. The molecule has 1 rings (SSSR count). The standard InChI is InChI=1S/C11H22N2O5S/c1-8(2)18-11(15)13-19(16,17)12-7-9-5-3-4-6-10(9)14/h8-10,12,14H,3-7H2,1-2H3,(H,13,15). The summed E-state index contributed by atoms with van der Waals surface area (Å²) in [5.74, 6) is -0.105. The van der Waals surface area contributed by atoms with Crippen molar-refractivity contribution in [2.45, 2.75) is 51.7 Å². The molecule has 8 heteroatoms. The third-order valence-corrected chi connectivity index (χ3v) is 3.95. The smallest absolute Gasteiger partial charge is 0.422 e. The first-order chi connectivity index (χ1) is 8.80. The number of nitrogens with one attached hydrogen (secondary N) is 2. The van der Waals surface area contributed by atoms with Crippen LogP contribution in [0.4, 0.5) is 4.79 Å². The molecular formula is C11H22N2O5S. The van der Waals surface area contributed by atoms with Gasteiger partial charge in [0.25, 0.3) is 0 Å². The summed E-state index contributed by atoms with van der Waals surface area (Å²) in [4.78, 5) is 11.2. The lowest BCUT2D eigenvalue weighted by molar-refractivity contribution is 0.0724. The van der Waals surface area contributed by atoms with Crippen molar-refractivity contribution in [3.63, 3.8) is 0 Å². The number of hydrogen-bond acceptors (Lipinski definition) is 5.